The fourth-order valence-electron chi connectivity index (χ4n) is 1.92. The number of alkyl halides is 3. The molecule has 9 heteroatoms. The minimum absolute atomic E-state index is 0.119. The van der Waals surface area contributed by atoms with Gasteiger partial charge in [-0.2, -0.15) is 13.2 Å². The topological polar surface area (TPSA) is 58.5 Å². The molecule has 1 saturated carbocycles. The third-order valence-corrected chi connectivity index (χ3v) is 4.20. The third-order valence-electron chi connectivity index (χ3n) is 3.37. The van der Waals surface area contributed by atoms with Gasteiger partial charge in [0.1, 0.15) is 5.01 Å². The molecule has 1 aromatic rings. The molecule has 0 amide bonds. The van der Waals surface area contributed by atoms with E-state index in [9.17, 15) is 13.2 Å². The lowest BCUT2D eigenvalue weighted by Crippen LogP contribution is -2.38. The molecular weight excluding hydrogens is 341 g/mol. The summed E-state index contributed by atoms with van der Waals surface area (Å²) in [6.07, 6.45) is -0.987. The van der Waals surface area contributed by atoms with Crippen molar-refractivity contribution in [2.45, 2.75) is 38.9 Å². The fourth-order valence-corrected chi connectivity index (χ4v) is 2.64. The molecule has 0 spiro atoms. The van der Waals surface area contributed by atoms with Gasteiger partial charge in [0.05, 0.1) is 6.54 Å². The lowest BCUT2D eigenvalue weighted by atomic mass is 10.4. The molecule has 0 aliphatic heterocycles. The molecule has 2 rings (SSSR count). The summed E-state index contributed by atoms with van der Waals surface area (Å²) in [6.45, 7) is 4.97. The second-order valence-electron chi connectivity index (χ2n) is 5.62. The molecule has 136 valence electrons. The molecule has 0 unspecified atom stereocenters. The van der Waals surface area contributed by atoms with Crippen LogP contribution in [0, 0.1) is 5.92 Å². The number of thiazole rings is 1. The van der Waals surface area contributed by atoms with Crippen LogP contribution in [0.3, 0.4) is 0 Å². The summed E-state index contributed by atoms with van der Waals surface area (Å²) in [6, 6.07) is 0. The summed E-state index contributed by atoms with van der Waals surface area (Å²) in [5.74, 6) is 1.33. The van der Waals surface area contributed by atoms with Crippen LogP contribution in [0.15, 0.2) is 10.4 Å². The highest BCUT2D eigenvalue weighted by Crippen LogP contribution is 2.30. The van der Waals surface area contributed by atoms with E-state index < -0.39 is 11.9 Å². The summed E-state index contributed by atoms with van der Waals surface area (Å²) < 4.78 is 43.1. The quantitative estimate of drug-likeness (QED) is 0.402. The van der Waals surface area contributed by atoms with Crippen LogP contribution in [0.1, 0.15) is 36.9 Å². The molecule has 1 heterocycles. The Kier molecular flexibility index (Phi) is 7.29. The van der Waals surface area contributed by atoms with Crippen molar-refractivity contribution in [3.05, 3.63) is 16.1 Å². The first-order chi connectivity index (χ1) is 11.5. The van der Waals surface area contributed by atoms with Crippen molar-refractivity contribution in [3.63, 3.8) is 0 Å². The number of hydrogen-bond acceptors (Lipinski definition) is 4. The number of halogens is 3. The van der Waals surface area contributed by atoms with E-state index in [-0.39, 0.29) is 6.54 Å². The number of hydrogen-bond donors (Lipinski definition) is 2. The molecule has 1 fully saturated rings. The number of rotatable bonds is 9. The van der Waals surface area contributed by atoms with Crippen LogP contribution in [0.25, 0.3) is 0 Å². The molecule has 0 saturated heterocycles. The fraction of sp³-hybridized carbons (Fsp3) is 0.733. The Balaban J connectivity index is 1.71. The molecule has 0 atom stereocenters. The van der Waals surface area contributed by atoms with Gasteiger partial charge in [0.2, 0.25) is 0 Å². The highest BCUT2D eigenvalue weighted by molar-refractivity contribution is 7.09. The summed E-state index contributed by atoms with van der Waals surface area (Å²) in [4.78, 5) is 7.84. The predicted molar refractivity (Wildman–Crippen MR) is 88.1 cm³/mol. The number of guanidine groups is 1. The smallest absolute Gasteiger partial charge is 0.381 e. The van der Waals surface area contributed by atoms with Gasteiger partial charge in [-0.15, -0.1) is 11.3 Å². The first-order valence-corrected chi connectivity index (χ1v) is 8.98. The van der Waals surface area contributed by atoms with E-state index in [1.807, 2.05) is 6.92 Å². The molecule has 5 nitrogen and oxygen atoms in total. The molecule has 2 N–H and O–H groups in total. The zero-order valence-corrected chi connectivity index (χ0v) is 14.5. The Bertz CT molecular complexity index is 529. The van der Waals surface area contributed by atoms with Gasteiger partial charge in [-0.1, -0.05) is 0 Å². The van der Waals surface area contributed by atoms with E-state index in [1.54, 1.807) is 0 Å². The number of nitrogens with one attached hydrogen (secondary N) is 2. The highest BCUT2D eigenvalue weighted by atomic mass is 32.1. The monoisotopic (exact) mass is 364 g/mol. The van der Waals surface area contributed by atoms with E-state index in [2.05, 4.69) is 20.6 Å². The second kappa shape index (κ2) is 9.22. The number of nitrogens with zero attached hydrogens (tertiary/aromatic N) is 2. The largest absolute Gasteiger partial charge is 0.434 e. The predicted octanol–water partition coefficient (Wildman–Crippen LogP) is 3.03. The van der Waals surface area contributed by atoms with Gasteiger partial charge in [0, 0.05) is 31.7 Å². The van der Waals surface area contributed by atoms with E-state index in [0.29, 0.717) is 30.7 Å². The Morgan fingerprint density at radius 3 is 2.83 bits per heavy atom. The lowest BCUT2D eigenvalue weighted by Gasteiger charge is -2.11. The zero-order valence-electron chi connectivity index (χ0n) is 13.7. The first-order valence-electron chi connectivity index (χ1n) is 8.10. The van der Waals surface area contributed by atoms with Crippen molar-refractivity contribution >= 4 is 17.3 Å². The molecule has 1 aliphatic carbocycles. The molecule has 24 heavy (non-hydrogen) atoms. The highest BCUT2D eigenvalue weighted by Gasteiger charge is 2.33. The summed E-state index contributed by atoms with van der Waals surface area (Å²) >= 11 is 0.966. The maximum absolute atomic E-state index is 12.5. The van der Waals surface area contributed by atoms with Crippen molar-refractivity contribution in [2.75, 3.05) is 26.3 Å². The van der Waals surface area contributed by atoms with Crippen molar-refractivity contribution in [1.82, 2.24) is 15.6 Å². The van der Waals surface area contributed by atoms with Gasteiger partial charge >= 0.3 is 6.18 Å². The summed E-state index contributed by atoms with van der Waals surface area (Å²) in [5, 5.41) is 7.56. The van der Waals surface area contributed by atoms with Crippen LogP contribution < -0.4 is 10.6 Å². The van der Waals surface area contributed by atoms with Crippen LogP contribution in [0.5, 0.6) is 0 Å². The van der Waals surface area contributed by atoms with Gasteiger partial charge in [-0.3, -0.25) is 0 Å². The maximum Gasteiger partial charge on any atom is 0.434 e. The Labute approximate surface area is 143 Å². The lowest BCUT2D eigenvalue weighted by molar-refractivity contribution is -0.140. The van der Waals surface area contributed by atoms with E-state index in [0.717, 1.165) is 35.7 Å². The van der Waals surface area contributed by atoms with E-state index in [1.165, 1.54) is 12.8 Å². The van der Waals surface area contributed by atoms with Crippen molar-refractivity contribution in [3.8, 4) is 0 Å². The molecule has 0 radical (unpaired) electrons. The maximum atomic E-state index is 12.5. The van der Waals surface area contributed by atoms with Crippen LogP contribution in [0.2, 0.25) is 0 Å². The average molecular weight is 364 g/mol. The minimum Gasteiger partial charge on any atom is -0.381 e. The van der Waals surface area contributed by atoms with Crippen molar-refractivity contribution in [2.24, 2.45) is 10.9 Å². The molecule has 1 aromatic heterocycles. The molecule has 0 aromatic carbocycles. The van der Waals surface area contributed by atoms with Crippen LogP contribution in [-0.4, -0.2) is 37.2 Å². The minimum atomic E-state index is -4.40. The zero-order chi connectivity index (χ0) is 17.4. The summed E-state index contributed by atoms with van der Waals surface area (Å²) in [7, 11) is 0. The molecule has 1 aliphatic rings. The van der Waals surface area contributed by atoms with Gasteiger partial charge < -0.3 is 15.4 Å². The first kappa shape index (κ1) is 19.0. The van der Waals surface area contributed by atoms with Gasteiger partial charge in [0.15, 0.2) is 11.7 Å². The van der Waals surface area contributed by atoms with Crippen molar-refractivity contribution in [1.29, 1.82) is 0 Å². The van der Waals surface area contributed by atoms with Crippen molar-refractivity contribution < 1.29 is 17.9 Å². The van der Waals surface area contributed by atoms with Gasteiger partial charge in [-0.05, 0) is 32.1 Å². The van der Waals surface area contributed by atoms with Crippen LogP contribution in [0.4, 0.5) is 13.2 Å². The standard InChI is InChI=1S/C15H23F3N4OS/c1-2-19-14(20-6-3-7-23-9-11-4-5-11)21-8-13-22-12(10-24-13)15(16,17)18/h10-11H,2-9H2,1H3,(H2,19,20,21). The second-order valence-corrected chi connectivity index (χ2v) is 6.56. The number of aromatic nitrogens is 1. The SMILES string of the molecule is CCNC(=NCc1nc(C(F)(F)F)cs1)NCCCOCC1CC1. The summed E-state index contributed by atoms with van der Waals surface area (Å²) in [5.41, 5.74) is -0.858. The third kappa shape index (κ3) is 7.04. The average Bonchev–Trinajstić information content (AvgIpc) is 3.21. The Hall–Kier alpha value is -1.35. The number of aliphatic imine (C=N–C) groups is 1. The van der Waals surface area contributed by atoms with E-state index in [4.69, 9.17) is 4.74 Å². The molecular formula is C15H23F3N4OS. The normalized spacial score (nSPS) is 15.6. The van der Waals surface area contributed by atoms with E-state index >= 15 is 0 Å². The Morgan fingerprint density at radius 2 is 2.21 bits per heavy atom. The van der Waals surface area contributed by atoms with Gasteiger partial charge in [0.25, 0.3) is 0 Å². The van der Waals surface area contributed by atoms with Gasteiger partial charge in [-0.25, -0.2) is 9.98 Å². The number of ether oxygens (including phenoxy) is 1. The van der Waals surface area contributed by atoms with Crippen LogP contribution >= 0.6 is 11.3 Å². The Morgan fingerprint density at radius 1 is 1.42 bits per heavy atom. The van der Waals surface area contributed by atoms with Crippen LogP contribution in [-0.2, 0) is 17.5 Å². The molecule has 0 bridgehead atoms.